The van der Waals surface area contributed by atoms with Gasteiger partial charge in [0, 0.05) is 5.41 Å². The highest BCUT2D eigenvalue weighted by molar-refractivity contribution is 5.53. The molecule has 3 nitrogen and oxygen atoms in total. The summed E-state index contributed by atoms with van der Waals surface area (Å²) >= 11 is 0. The molecule has 0 spiro atoms. The van der Waals surface area contributed by atoms with E-state index in [1.54, 1.807) is 7.11 Å². The summed E-state index contributed by atoms with van der Waals surface area (Å²) in [5.74, 6) is 0.676. The predicted molar refractivity (Wildman–Crippen MR) is 59.9 cm³/mol. The van der Waals surface area contributed by atoms with Crippen molar-refractivity contribution in [2.75, 3.05) is 7.11 Å². The van der Waals surface area contributed by atoms with Crippen LogP contribution in [-0.2, 0) is 9.53 Å². The van der Waals surface area contributed by atoms with Crippen LogP contribution in [-0.4, -0.2) is 13.5 Å². The molecule has 3 heteroatoms. The molecule has 0 aromatic rings. The lowest BCUT2D eigenvalue weighted by Crippen LogP contribution is -2.11. The van der Waals surface area contributed by atoms with Crippen LogP contribution < -0.4 is 5.32 Å². The molecule has 1 aliphatic carbocycles. The van der Waals surface area contributed by atoms with Crippen molar-refractivity contribution in [2.24, 2.45) is 5.41 Å². The monoisotopic (exact) mass is 207 g/mol. The zero-order valence-electron chi connectivity index (χ0n) is 9.41. The molecule has 0 aromatic carbocycles. The van der Waals surface area contributed by atoms with E-state index in [1.807, 2.05) is 12.2 Å². The molecule has 82 valence electrons. The lowest BCUT2D eigenvalue weighted by molar-refractivity contribution is -0.108. The number of allylic oxidation sites excluding steroid dienone is 4. The Hall–Kier alpha value is -1.51. The van der Waals surface area contributed by atoms with E-state index in [4.69, 9.17) is 4.74 Å². The van der Waals surface area contributed by atoms with Gasteiger partial charge in [-0.2, -0.15) is 0 Å². The molecular weight excluding hydrogens is 190 g/mol. The summed E-state index contributed by atoms with van der Waals surface area (Å²) in [6.07, 6.45) is 9.60. The Labute approximate surface area is 90.5 Å². The minimum Gasteiger partial charge on any atom is -0.495 e. The molecule has 0 aliphatic heterocycles. The van der Waals surface area contributed by atoms with Crippen LogP contribution in [0.3, 0.4) is 0 Å². The average Bonchev–Trinajstić information content (AvgIpc) is 2.41. The van der Waals surface area contributed by atoms with Gasteiger partial charge in [-0.05, 0) is 18.6 Å². The van der Waals surface area contributed by atoms with Gasteiger partial charge in [-0.3, -0.25) is 4.79 Å². The van der Waals surface area contributed by atoms with Crippen LogP contribution in [0.4, 0.5) is 0 Å². The van der Waals surface area contributed by atoms with E-state index in [-0.39, 0.29) is 5.41 Å². The Morgan fingerprint density at radius 1 is 1.47 bits per heavy atom. The number of ether oxygens (including phenoxy) is 1. The first-order chi connectivity index (χ1) is 7.15. The quantitative estimate of drug-likeness (QED) is 0.717. The smallest absolute Gasteiger partial charge is 0.211 e. The van der Waals surface area contributed by atoms with E-state index < -0.39 is 0 Å². The maximum atomic E-state index is 10.4. The third kappa shape index (κ3) is 2.72. The fourth-order valence-electron chi connectivity index (χ4n) is 1.36. The van der Waals surface area contributed by atoms with Crippen LogP contribution in [0, 0.1) is 5.41 Å². The van der Waals surface area contributed by atoms with Crippen LogP contribution in [0.1, 0.15) is 20.3 Å². The summed E-state index contributed by atoms with van der Waals surface area (Å²) in [7, 11) is 1.59. The van der Waals surface area contributed by atoms with Crippen LogP contribution in [0.2, 0.25) is 0 Å². The second-order valence-corrected chi connectivity index (χ2v) is 3.77. The van der Waals surface area contributed by atoms with E-state index in [2.05, 4.69) is 31.3 Å². The Kier molecular flexibility index (Phi) is 3.72. The second kappa shape index (κ2) is 4.82. The Balaban J connectivity index is 3.02. The van der Waals surface area contributed by atoms with E-state index in [0.717, 1.165) is 6.42 Å². The summed E-state index contributed by atoms with van der Waals surface area (Å²) in [4.78, 5) is 10.4. The Bertz CT molecular complexity index is 329. The van der Waals surface area contributed by atoms with Crippen molar-refractivity contribution in [3.63, 3.8) is 0 Å². The summed E-state index contributed by atoms with van der Waals surface area (Å²) in [5.41, 5.74) is 0.719. The fraction of sp³-hybridized carbons (Fsp3) is 0.417. The number of amides is 1. The van der Waals surface area contributed by atoms with Crippen molar-refractivity contribution >= 4 is 6.41 Å². The zero-order valence-corrected chi connectivity index (χ0v) is 9.41. The molecule has 0 fully saturated rings. The van der Waals surface area contributed by atoms with Gasteiger partial charge in [0.1, 0.15) is 5.76 Å². The SMILES string of the molecule is CCC1(C)C=CC(NC=O)=C(OC)C=C1. The van der Waals surface area contributed by atoms with Gasteiger partial charge in [0.2, 0.25) is 6.41 Å². The van der Waals surface area contributed by atoms with Gasteiger partial charge >= 0.3 is 0 Å². The molecule has 1 N–H and O–H groups in total. The number of hydrogen-bond donors (Lipinski definition) is 1. The van der Waals surface area contributed by atoms with E-state index >= 15 is 0 Å². The number of rotatable bonds is 4. The van der Waals surface area contributed by atoms with Crippen molar-refractivity contribution in [3.05, 3.63) is 35.8 Å². The number of methoxy groups -OCH3 is 1. The highest BCUT2D eigenvalue weighted by atomic mass is 16.5. The summed E-state index contributed by atoms with van der Waals surface area (Å²) in [6, 6.07) is 0. The standard InChI is InChI=1S/C12H17NO2/c1-4-12(2)7-5-10(13-9-14)11(15-3)6-8-12/h5-9H,4H2,1-3H3,(H,13,14). The maximum Gasteiger partial charge on any atom is 0.211 e. The first-order valence-corrected chi connectivity index (χ1v) is 5.02. The zero-order chi connectivity index (χ0) is 11.3. The fourth-order valence-corrected chi connectivity index (χ4v) is 1.36. The lowest BCUT2D eigenvalue weighted by atomic mass is 9.87. The number of hydrogen-bond acceptors (Lipinski definition) is 2. The van der Waals surface area contributed by atoms with Crippen molar-refractivity contribution in [1.29, 1.82) is 0 Å². The van der Waals surface area contributed by atoms with Crippen molar-refractivity contribution in [2.45, 2.75) is 20.3 Å². The number of carbonyl (C=O) groups is 1. The summed E-state index contributed by atoms with van der Waals surface area (Å²) in [5, 5.41) is 2.62. The highest BCUT2D eigenvalue weighted by Gasteiger charge is 2.17. The van der Waals surface area contributed by atoms with Gasteiger partial charge in [0.15, 0.2) is 0 Å². The molecule has 1 unspecified atom stereocenters. The lowest BCUT2D eigenvalue weighted by Gasteiger charge is -2.17. The maximum absolute atomic E-state index is 10.4. The highest BCUT2D eigenvalue weighted by Crippen LogP contribution is 2.28. The van der Waals surface area contributed by atoms with Gasteiger partial charge in [0.25, 0.3) is 0 Å². The molecule has 0 aromatic heterocycles. The minimum atomic E-state index is 0.0239. The number of carbonyl (C=O) groups excluding carboxylic acids is 1. The van der Waals surface area contributed by atoms with Crippen molar-refractivity contribution < 1.29 is 9.53 Å². The third-order valence-electron chi connectivity index (χ3n) is 2.71. The van der Waals surface area contributed by atoms with Gasteiger partial charge in [-0.1, -0.05) is 26.0 Å². The molecule has 1 rings (SSSR count). The van der Waals surface area contributed by atoms with E-state index in [1.165, 1.54) is 0 Å². The predicted octanol–water partition coefficient (Wildman–Crippen LogP) is 2.13. The largest absolute Gasteiger partial charge is 0.495 e. The van der Waals surface area contributed by atoms with Crippen LogP contribution in [0.15, 0.2) is 35.8 Å². The van der Waals surface area contributed by atoms with Crippen LogP contribution in [0.5, 0.6) is 0 Å². The topological polar surface area (TPSA) is 38.3 Å². The van der Waals surface area contributed by atoms with Crippen molar-refractivity contribution in [3.8, 4) is 0 Å². The molecule has 0 bridgehead atoms. The second-order valence-electron chi connectivity index (χ2n) is 3.77. The Morgan fingerprint density at radius 2 is 2.13 bits per heavy atom. The van der Waals surface area contributed by atoms with E-state index in [0.29, 0.717) is 17.9 Å². The molecular formula is C12H17NO2. The molecule has 0 saturated heterocycles. The van der Waals surface area contributed by atoms with Crippen LogP contribution >= 0.6 is 0 Å². The third-order valence-corrected chi connectivity index (χ3v) is 2.71. The van der Waals surface area contributed by atoms with Gasteiger partial charge in [-0.15, -0.1) is 0 Å². The molecule has 1 atom stereocenters. The average molecular weight is 207 g/mol. The normalized spacial score (nSPS) is 25.0. The summed E-state index contributed by atoms with van der Waals surface area (Å²) in [6.45, 7) is 4.26. The van der Waals surface area contributed by atoms with Crippen molar-refractivity contribution in [1.82, 2.24) is 5.32 Å². The Morgan fingerprint density at radius 3 is 2.67 bits per heavy atom. The molecule has 1 aliphatic rings. The first-order valence-electron chi connectivity index (χ1n) is 5.02. The van der Waals surface area contributed by atoms with Gasteiger partial charge < -0.3 is 10.1 Å². The minimum absolute atomic E-state index is 0.0239. The molecule has 15 heavy (non-hydrogen) atoms. The van der Waals surface area contributed by atoms with Gasteiger partial charge in [0.05, 0.1) is 12.8 Å². The summed E-state index contributed by atoms with van der Waals surface area (Å²) < 4.78 is 5.19. The first kappa shape index (κ1) is 11.6. The molecule has 0 radical (unpaired) electrons. The molecule has 0 heterocycles. The van der Waals surface area contributed by atoms with E-state index in [9.17, 15) is 4.79 Å². The molecule has 1 amide bonds. The van der Waals surface area contributed by atoms with Gasteiger partial charge in [-0.25, -0.2) is 0 Å². The van der Waals surface area contributed by atoms with Crippen LogP contribution in [0.25, 0.3) is 0 Å². The number of nitrogens with one attached hydrogen (secondary N) is 1. The molecule has 0 saturated carbocycles.